The molecule has 0 aromatic carbocycles. The molecule has 0 bridgehead atoms. The van der Waals surface area contributed by atoms with E-state index >= 15 is 0 Å². The quantitative estimate of drug-likeness (QED) is 0.780. The number of nitrogens with zero attached hydrogens (tertiary/aromatic N) is 2. The van der Waals surface area contributed by atoms with Crippen LogP contribution < -0.4 is 5.73 Å². The molecule has 0 aliphatic rings. The van der Waals surface area contributed by atoms with E-state index in [1.165, 1.54) is 12.0 Å². The van der Waals surface area contributed by atoms with Gasteiger partial charge in [-0.2, -0.15) is 5.10 Å². The molecule has 1 unspecified atom stereocenters. The highest BCUT2D eigenvalue weighted by molar-refractivity contribution is 5.05. The highest BCUT2D eigenvalue weighted by atomic mass is 15.3. The number of rotatable bonds is 6. The van der Waals surface area contributed by atoms with Gasteiger partial charge < -0.3 is 5.73 Å². The van der Waals surface area contributed by atoms with Gasteiger partial charge in [0.2, 0.25) is 0 Å². The molecule has 86 valence electrons. The van der Waals surface area contributed by atoms with Crippen molar-refractivity contribution in [2.45, 2.75) is 52.6 Å². The number of hydrogen-bond donors (Lipinski definition) is 1. The van der Waals surface area contributed by atoms with Crippen LogP contribution in [0, 0.1) is 5.92 Å². The Morgan fingerprint density at radius 3 is 2.67 bits per heavy atom. The Balaban J connectivity index is 2.33. The van der Waals surface area contributed by atoms with Crippen molar-refractivity contribution < 1.29 is 0 Å². The van der Waals surface area contributed by atoms with E-state index in [1.54, 1.807) is 0 Å². The van der Waals surface area contributed by atoms with E-state index in [-0.39, 0.29) is 6.04 Å². The molecule has 3 heteroatoms. The average molecular weight is 209 g/mol. The lowest BCUT2D eigenvalue weighted by molar-refractivity contribution is 0.494. The van der Waals surface area contributed by atoms with E-state index in [0.717, 1.165) is 25.3 Å². The molecule has 0 saturated heterocycles. The molecular formula is C12H23N3. The number of aryl methyl sites for hydroxylation is 1. The van der Waals surface area contributed by atoms with Crippen LogP contribution in [0.5, 0.6) is 0 Å². The van der Waals surface area contributed by atoms with Gasteiger partial charge in [-0.3, -0.25) is 4.68 Å². The van der Waals surface area contributed by atoms with Crippen LogP contribution in [-0.2, 0) is 13.0 Å². The van der Waals surface area contributed by atoms with Crippen molar-refractivity contribution in [1.29, 1.82) is 0 Å². The molecule has 15 heavy (non-hydrogen) atoms. The van der Waals surface area contributed by atoms with Gasteiger partial charge in [0.05, 0.1) is 6.20 Å². The van der Waals surface area contributed by atoms with Crippen molar-refractivity contribution >= 4 is 0 Å². The number of hydrogen-bond acceptors (Lipinski definition) is 2. The Morgan fingerprint density at radius 2 is 2.13 bits per heavy atom. The molecule has 1 heterocycles. The van der Waals surface area contributed by atoms with Crippen LogP contribution in [0.15, 0.2) is 12.4 Å². The van der Waals surface area contributed by atoms with Crippen molar-refractivity contribution in [1.82, 2.24) is 9.78 Å². The average Bonchev–Trinajstić information content (AvgIpc) is 2.62. The summed E-state index contributed by atoms with van der Waals surface area (Å²) in [6.07, 6.45) is 7.29. The Labute approximate surface area is 92.7 Å². The van der Waals surface area contributed by atoms with Crippen molar-refractivity contribution in [3.63, 3.8) is 0 Å². The third-order valence-electron chi connectivity index (χ3n) is 2.62. The molecule has 0 aliphatic carbocycles. The van der Waals surface area contributed by atoms with E-state index in [9.17, 15) is 0 Å². The summed E-state index contributed by atoms with van der Waals surface area (Å²) in [6, 6.07) is 0.280. The van der Waals surface area contributed by atoms with Crippen LogP contribution in [0.2, 0.25) is 0 Å². The summed E-state index contributed by atoms with van der Waals surface area (Å²) < 4.78 is 1.95. The van der Waals surface area contributed by atoms with Gasteiger partial charge in [0, 0.05) is 18.8 Å². The molecular weight excluding hydrogens is 186 g/mol. The van der Waals surface area contributed by atoms with Crippen LogP contribution in [0.4, 0.5) is 0 Å². The predicted octanol–water partition coefficient (Wildman–Crippen LogP) is 2.21. The van der Waals surface area contributed by atoms with Crippen LogP contribution in [0.25, 0.3) is 0 Å². The molecule has 0 amide bonds. The van der Waals surface area contributed by atoms with Gasteiger partial charge in [-0.1, -0.05) is 13.8 Å². The molecule has 1 rings (SSSR count). The second kappa shape index (κ2) is 5.91. The summed E-state index contributed by atoms with van der Waals surface area (Å²) in [6.45, 7) is 7.50. The highest BCUT2D eigenvalue weighted by Gasteiger charge is 2.06. The third-order valence-corrected chi connectivity index (χ3v) is 2.62. The fourth-order valence-corrected chi connectivity index (χ4v) is 1.64. The van der Waals surface area contributed by atoms with Crippen molar-refractivity contribution in [3.05, 3.63) is 18.0 Å². The zero-order valence-electron chi connectivity index (χ0n) is 10.1. The first kappa shape index (κ1) is 12.2. The van der Waals surface area contributed by atoms with Crippen LogP contribution in [-0.4, -0.2) is 15.8 Å². The minimum absolute atomic E-state index is 0.280. The molecule has 0 saturated carbocycles. The van der Waals surface area contributed by atoms with Crippen LogP contribution in [0.3, 0.4) is 0 Å². The summed E-state index contributed by atoms with van der Waals surface area (Å²) in [5.74, 6) is 0.745. The summed E-state index contributed by atoms with van der Waals surface area (Å²) in [5, 5.41) is 4.24. The lowest BCUT2D eigenvalue weighted by Gasteiger charge is -2.11. The van der Waals surface area contributed by atoms with E-state index in [2.05, 4.69) is 32.1 Å². The first-order chi connectivity index (χ1) is 7.11. The van der Waals surface area contributed by atoms with Crippen LogP contribution >= 0.6 is 0 Å². The maximum atomic E-state index is 6.07. The van der Waals surface area contributed by atoms with Gasteiger partial charge >= 0.3 is 0 Å². The van der Waals surface area contributed by atoms with E-state index in [1.807, 2.05) is 10.9 Å². The Morgan fingerprint density at radius 1 is 1.40 bits per heavy atom. The normalized spacial score (nSPS) is 13.4. The van der Waals surface area contributed by atoms with Gasteiger partial charge in [-0.05, 0) is 37.7 Å². The Kier molecular flexibility index (Phi) is 4.82. The summed E-state index contributed by atoms with van der Waals surface area (Å²) in [4.78, 5) is 0. The lowest BCUT2D eigenvalue weighted by atomic mass is 10.00. The van der Waals surface area contributed by atoms with Gasteiger partial charge in [-0.15, -0.1) is 0 Å². The van der Waals surface area contributed by atoms with Gasteiger partial charge in [0.25, 0.3) is 0 Å². The van der Waals surface area contributed by atoms with E-state index in [0.29, 0.717) is 0 Å². The second-order valence-electron chi connectivity index (χ2n) is 4.64. The largest absolute Gasteiger partial charge is 0.327 e. The topological polar surface area (TPSA) is 43.8 Å². The fourth-order valence-electron chi connectivity index (χ4n) is 1.64. The standard InChI is InChI=1S/C12H23N3/c1-4-15-9-11(8-14-15)7-12(13)6-5-10(2)3/h8-10,12H,4-7,13H2,1-3H3. The summed E-state index contributed by atoms with van der Waals surface area (Å²) in [7, 11) is 0. The molecule has 2 N–H and O–H groups in total. The van der Waals surface area contributed by atoms with Gasteiger partial charge in [-0.25, -0.2) is 0 Å². The molecule has 0 fully saturated rings. The minimum atomic E-state index is 0.280. The van der Waals surface area contributed by atoms with Crippen molar-refractivity contribution in [3.8, 4) is 0 Å². The van der Waals surface area contributed by atoms with Crippen molar-refractivity contribution in [2.24, 2.45) is 11.7 Å². The third kappa shape index (κ3) is 4.47. The first-order valence-electron chi connectivity index (χ1n) is 5.88. The molecule has 0 radical (unpaired) electrons. The molecule has 0 aliphatic heterocycles. The molecule has 1 aromatic rings. The van der Waals surface area contributed by atoms with Gasteiger partial charge in [0.15, 0.2) is 0 Å². The van der Waals surface area contributed by atoms with E-state index < -0.39 is 0 Å². The van der Waals surface area contributed by atoms with Gasteiger partial charge in [0.1, 0.15) is 0 Å². The Hall–Kier alpha value is -0.830. The molecule has 1 atom stereocenters. The first-order valence-corrected chi connectivity index (χ1v) is 5.88. The number of nitrogens with two attached hydrogens (primary N) is 1. The predicted molar refractivity (Wildman–Crippen MR) is 63.7 cm³/mol. The summed E-state index contributed by atoms with van der Waals surface area (Å²) in [5.41, 5.74) is 7.33. The van der Waals surface area contributed by atoms with Crippen LogP contribution in [0.1, 0.15) is 39.2 Å². The van der Waals surface area contributed by atoms with E-state index in [4.69, 9.17) is 5.73 Å². The smallest absolute Gasteiger partial charge is 0.0522 e. The summed E-state index contributed by atoms with van der Waals surface area (Å²) >= 11 is 0. The zero-order valence-corrected chi connectivity index (χ0v) is 10.1. The molecule has 0 spiro atoms. The molecule has 3 nitrogen and oxygen atoms in total. The Bertz CT molecular complexity index is 278. The number of aromatic nitrogens is 2. The lowest BCUT2D eigenvalue weighted by Crippen LogP contribution is -2.23. The fraction of sp³-hybridized carbons (Fsp3) is 0.750. The maximum Gasteiger partial charge on any atom is 0.0522 e. The second-order valence-corrected chi connectivity index (χ2v) is 4.64. The molecule has 1 aromatic heterocycles. The van der Waals surface area contributed by atoms with Crippen molar-refractivity contribution in [2.75, 3.05) is 0 Å². The highest BCUT2D eigenvalue weighted by Crippen LogP contribution is 2.09. The minimum Gasteiger partial charge on any atom is -0.327 e. The SMILES string of the molecule is CCn1cc(CC(N)CCC(C)C)cn1. The maximum absolute atomic E-state index is 6.07. The zero-order chi connectivity index (χ0) is 11.3. The monoisotopic (exact) mass is 209 g/mol.